The van der Waals surface area contributed by atoms with Crippen LogP contribution in [0.2, 0.25) is 0 Å². The fraction of sp³-hybridized carbons (Fsp3) is 0.462. The summed E-state index contributed by atoms with van der Waals surface area (Å²) in [6, 6.07) is 4.53. The molecule has 2 N–H and O–H groups in total. The molecule has 1 aliphatic heterocycles. The number of nitrogens with zero attached hydrogens (tertiary/aromatic N) is 2. The minimum Gasteiger partial charge on any atom is -0.390 e. The second-order valence-corrected chi connectivity index (χ2v) is 5.21. The predicted molar refractivity (Wildman–Crippen MR) is 68.1 cm³/mol. The Balaban J connectivity index is 1.87. The van der Waals surface area contributed by atoms with Crippen molar-refractivity contribution < 1.29 is 9.50 Å². The van der Waals surface area contributed by atoms with E-state index in [0.717, 1.165) is 37.4 Å². The van der Waals surface area contributed by atoms with Crippen molar-refractivity contribution in [3.63, 3.8) is 0 Å². The molecule has 0 aliphatic carbocycles. The number of H-pyrrole nitrogens is 1. The summed E-state index contributed by atoms with van der Waals surface area (Å²) in [6.07, 6.45) is 1.44. The number of piperidine rings is 1. The molecule has 5 heteroatoms. The van der Waals surface area contributed by atoms with Crippen molar-refractivity contribution in [2.75, 3.05) is 18.0 Å². The second kappa shape index (κ2) is 3.95. The molecule has 3 rings (SSSR count). The van der Waals surface area contributed by atoms with E-state index in [4.69, 9.17) is 0 Å². The number of hydrogen-bond acceptors (Lipinski definition) is 3. The average molecular weight is 249 g/mol. The number of aliphatic hydroxyl groups is 1. The molecule has 1 aliphatic rings. The molecule has 1 aromatic heterocycles. The number of aromatic amines is 1. The van der Waals surface area contributed by atoms with Crippen molar-refractivity contribution >= 4 is 17.0 Å². The normalized spacial score (nSPS) is 19.4. The fourth-order valence-corrected chi connectivity index (χ4v) is 2.32. The molecule has 0 radical (unpaired) electrons. The van der Waals surface area contributed by atoms with Gasteiger partial charge in [0.2, 0.25) is 5.95 Å². The summed E-state index contributed by atoms with van der Waals surface area (Å²) in [5.41, 5.74) is 0.903. The van der Waals surface area contributed by atoms with E-state index in [0.29, 0.717) is 5.52 Å². The van der Waals surface area contributed by atoms with Gasteiger partial charge >= 0.3 is 0 Å². The van der Waals surface area contributed by atoms with Gasteiger partial charge in [-0.05, 0) is 38.0 Å². The Morgan fingerprint density at radius 3 is 2.83 bits per heavy atom. The largest absolute Gasteiger partial charge is 0.390 e. The smallest absolute Gasteiger partial charge is 0.203 e. The van der Waals surface area contributed by atoms with Gasteiger partial charge in [0.25, 0.3) is 0 Å². The van der Waals surface area contributed by atoms with Crippen LogP contribution < -0.4 is 4.90 Å². The molecule has 0 atom stereocenters. The minimum absolute atomic E-state index is 0.265. The van der Waals surface area contributed by atoms with Gasteiger partial charge in [-0.15, -0.1) is 0 Å². The van der Waals surface area contributed by atoms with Gasteiger partial charge in [0.15, 0.2) is 0 Å². The van der Waals surface area contributed by atoms with Gasteiger partial charge in [-0.3, -0.25) is 0 Å². The Kier molecular flexibility index (Phi) is 2.52. The second-order valence-electron chi connectivity index (χ2n) is 5.21. The number of imidazole rings is 1. The van der Waals surface area contributed by atoms with Crippen LogP contribution in [0.1, 0.15) is 19.8 Å². The number of nitrogens with one attached hydrogen (secondary N) is 1. The van der Waals surface area contributed by atoms with Crippen molar-refractivity contribution in [1.29, 1.82) is 0 Å². The summed E-state index contributed by atoms with van der Waals surface area (Å²) in [4.78, 5) is 9.67. The standard InChI is InChI=1S/C13H16FN3O/c1-13(18)4-6-17(7-5-13)12-15-10-3-2-9(14)8-11(10)16-12/h2-3,8,18H,4-7H2,1H3,(H,15,16). The lowest BCUT2D eigenvalue weighted by Crippen LogP contribution is -2.42. The number of aromatic nitrogens is 2. The Morgan fingerprint density at radius 2 is 2.11 bits per heavy atom. The lowest BCUT2D eigenvalue weighted by molar-refractivity contribution is 0.0349. The van der Waals surface area contributed by atoms with Gasteiger partial charge in [-0.1, -0.05) is 0 Å². The quantitative estimate of drug-likeness (QED) is 0.813. The lowest BCUT2D eigenvalue weighted by atomic mass is 9.94. The summed E-state index contributed by atoms with van der Waals surface area (Å²) in [7, 11) is 0. The summed E-state index contributed by atoms with van der Waals surface area (Å²) in [5.74, 6) is 0.491. The first-order chi connectivity index (χ1) is 8.53. The van der Waals surface area contributed by atoms with Crippen LogP contribution in [-0.2, 0) is 0 Å². The van der Waals surface area contributed by atoms with Crippen LogP contribution >= 0.6 is 0 Å². The van der Waals surface area contributed by atoms with Crippen LogP contribution in [0.5, 0.6) is 0 Å². The zero-order chi connectivity index (χ0) is 12.8. The van der Waals surface area contributed by atoms with Crippen LogP contribution in [0.4, 0.5) is 10.3 Å². The Labute approximate surface area is 104 Å². The zero-order valence-corrected chi connectivity index (χ0v) is 10.3. The monoisotopic (exact) mass is 249 g/mol. The Bertz CT molecular complexity index is 569. The Morgan fingerprint density at radius 1 is 1.39 bits per heavy atom. The summed E-state index contributed by atoms with van der Waals surface area (Å²) >= 11 is 0. The summed E-state index contributed by atoms with van der Waals surface area (Å²) in [5, 5.41) is 9.91. The molecule has 0 spiro atoms. The van der Waals surface area contributed by atoms with E-state index >= 15 is 0 Å². The fourth-order valence-electron chi connectivity index (χ4n) is 2.32. The number of benzene rings is 1. The third-order valence-electron chi connectivity index (χ3n) is 3.57. The van der Waals surface area contributed by atoms with E-state index in [1.807, 2.05) is 6.92 Å². The van der Waals surface area contributed by atoms with E-state index < -0.39 is 5.60 Å². The molecule has 1 aromatic carbocycles. The van der Waals surface area contributed by atoms with E-state index in [-0.39, 0.29) is 5.82 Å². The highest BCUT2D eigenvalue weighted by atomic mass is 19.1. The van der Waals surface area contributed by atoms with Gasteiger partial charge in [0.05, 0.1) is 16.6 Å². The van der Waals surface area contributed by atoms with Crippen LogP contribution in [-0.4, -0.2) is 33.8 Å². The molecule has 4 nitrogen and oxygen atoms in total. The molecular formula is C13H16FN3O. The lowest BCUT2D eigenvalue weighted by Gasteiger charge is -2.35. The molecule has 18 heavy (non-hydrogen) atoms. The van der Waals surface area contributed by atoms with Crippen molar-refractivity contribution in [3.8, 4) is 0 Å². The maximum Gasteiger partial charge on any atom is 0.203 e. The molecule has 96 valence electrons. The first kappa shape index (κ1) is 11.5. The molecule has 1 saturated heterocycles. The van der Waals surface area contributed by atoms with Crippen LogP contribution in [0, 0.1) is 5.82 Å². The SMILES string of the molecule is CC1(O)CCN(c2nc3ccc(F)cc3[nH]2)CC1. The number of hydrogen-bond donors (Lipinski definition) is 2. The van der Waals surface area contributed by atoms with E-state index in [1.165, 1.54) is 12.1 Å². The van der Waals surface area contributed by atoms with Gasteiger partial charge in [-0.25, -0.2) is 9.37 Å². The van der Waals surface area contributed by atoms with Crippen LogP contribution in [0.25, 0.3) is 11.0 Å². The number of halogens is 1. The summed E-state index contributed by atoms with van der Waals surface area (Å²) in [6.45, 7) is 3.38. The number of rotatable bonds is 1. The van der Waals surface area contributed by atoms with E-state index in [1.54, 1.807) is 6.07 Å². The third kappa shape index (κ3) is 2.06. The van der Waals surface area contributed by atoms with Crippen molar-refractivity contribution in [2.45, 2.75) is 25.4 Å². The molecule has 1 fully saturated rings. The van der Waals surface area contributed by atoms with Gasteiger partial charge in [0, 0.05) is 13.1 Å². The highest BCUT2D eigenvalue weighted by Crippen LogP contribution is 2.25. The topological polar surface area (TPSA) is 52.1 Å². The van der Waals surface area contributed by atoms with E-state index in [2.05, 4.69) is 14.9 Å². The van der Waals surface area contributed by atoms with Crippen LogP contribution in [0.15, 0.2) is 18.2 Å². The molecule has 0 unspecified atom stereocenters. The minimum atomic E-state index is -0.575. The predicted octanol–water partition coefficient (Wildman–Crippen LogP) is 2.05. The maximum atomic E-state index is 13.1. The average Bonchev–Trinajstić information content (AvgIpc) is 2.71. The van der Waals surface area contributed by atoms with E-state index in [9.17, 15) is 9.50 Å². The first-order valence-corrected chi connectivity index (χ1v) is 6.16. The zero-order valence-electron chi connectivity index (χ0n) is 10.3. The maximum absolute atomic E-state index is 13.1. The molecule has 2 heterocycles. The van der Waals surface area contributed by atoms with Crippen molar-refractivity contribution in [2.24, 2.45) is 0 Å². The van der Waals surface area contributed by atoms with Gasteiger partial charge in [-0.2, -0.15) is 0 Å². The van der Waals surface area contributed by atoms with Crippen LogP contribution in [0.3, 0.4) is 0 Å². The van der Waals surface area contributed by atoms with Crippen molar-refractivity contribution in [1.82, 2.24) is 9.97 Å². The Hall–Kier alpha value is -1.62. The third-order valence-corrected chi connectivity index (χ3v) is 3.57. The van der Waals surface area contributed by atoms with Crippen molar-refractivity contribution in [3.05, 3.63) is 24.0 Å². The van der Waals surface area contributed by atoms with Gasteiger partial charge in [0.1, 0.15) is 5.82 Å². The van der Waals surface area contributed by atoms with Gasteiger partial charge < -0.3 is 15.0 Å². The number of anilines is 1. The molecule has 0 bridgehead atoms. The molecule has 0 amide bonds. The number of fused-ring (bicyclic) bond motifs is 1. The highest BCUT2D eigenvalue weighted by Gasteiger charge is 2.28. The molecule has 0 saturated carbocycles. The molecular weight excluding hydrogens is 233 g/mol. The summed E-state index contributed by atoms with van der Waals surface area (Å²) < 4.78 is 13.1. The molecule has 2 aromatic rings. The first-order valence-electron chi connectivity index (χ1n) is 6.16. The highest BCUT2D eigenvalue weighted by molar-refractivity contribution is 5.77.